The van der Waals surface area contributed by atoms with Crippen LogP contribution in [0, 0.1) is 10.1 Å². The van der Waals surface area contributed by atoms with Crippen molar-refractivity contribution < 1.29 is 4.92 Å². The van der Waals surface area contributed by atoms with E-state index < -0.39 is 4.92 Å². The molecule has 0 bridgehead atoms. The first kappa shape index (κ1) is 16.5. The second-order valence-electron chi connectivity index (χ2n) is 4.59. The molecular weight excluding hydrogens is 344 g/mol. The summed E-state index contributed by atoms with van der Waals surface area (Å²) in [6.45, 7) is 0. The molecule has 130 valence electrons. The van der Waals surface area contributed by atoms with Crippen LogP contribution in [0.15, 0.2) is 49.3 Å². The van der Waals surface area contributed by atoms with Gasteiger partial charge < -0.3 is 5.73 Å². The molecule has 4 aromatic heterocycles. The van der Waals surface area contributed by atoms with Gasteiger partial charge in [0.25, 0.3) is 5.69 Å². The molecule has 14 heteroatoms. The largest absolute Gasteiger partial charge is 0.397 e. The average molecular weight is 354 g/mol. The Morgan fingerprint density at radius 3 is 1.85 bits per heavy atom. The summed E-state index contributed by atoms with van der Waals surface area (Å²) in [5, 5.41) is 31.4. The van der Waals surface area contributed by atoms with E-state index in [-0.39, 0.29) is 5.69 Å². The Hall–Kier alpha value is -4.36. The maximum Gasteiger partial charge on any atom is 0.287 e. The maximum atomic E-state index is 10.3. The number of aromatic nitrogens is 10. The van der Waals surface area contributed by atoms with Crippen LogP contribution >= 0.6 is 0 Å². The molecule has 0 aliphatic rings. The van der Waals surface area contributed by atoms with Crippen molar-refractivity contribution >= 4 is 11.4 Å². The molecule has 0 atom stereocenters. The van der Waals surface area contributed by atoms with E-state index in [0.29, 0.717) is 17.3 Å². The zero-order chi connectivity index (χ0) is 18.4. The number of nitro groups is 1. The van der Waals surface area contributed by atoms with Gasteiger partial charge in [-0.25, -0.2) is 9.97 Å². The summed E-state index contributed by atoms with van der Waals surface area (Å²) in [5.74, 6) is 1.08. The standard InChI is InChI=1S/C6H4N6O2.C6H6N6/c13-12(14)5-1-2-6(7-3-5)11-4-8-9-10-11;7-5-1-2-6(8-3-5)12-4-9-10-11-12/h1-4H;1-4H,7H2. The molecule has 0 unspecified atom stereocenters. The monoisotopic (exact) mass is 354 g/mol. The van der Waals surface area contributed by atoms with E-state index in [1.54, 1.807) is 18.3 Å². The zero-order valence-corrected chi connectivity index (χ0v) is 12.9. The number of pyridine rings is 2. The van der Waals surface area contributed by atoms with E-state index in [2.05, 4.69) is 41.0 Å². The molecule has 4 aromatic rings. The first-order valence-corrected chi connectivity index (χ1v) is 6.92. The van der Waals surface area contributed by atoms with Gasteiger partial charge >= 0.3 is 0 Å². The van der Waals surface area contributed by atoms with E-state index in [1.807, 2.05) is 0 Å². The maximum absolute atomic E-state index is 10.3. The summed E-state index contributed by atoms with van der Waals surface area (Å²) >= 11 is 0. The van der Waals surface area contributed by atoms with Gasteiger partial charge in [-0.1, -0.05) is 0 Å². The van der Waals surface area contributed by atoms with Gasteiger partial charge in [-0.3, -0.25) is 10.1 Å². The van der Waals surface area contributed by atoms with Crippen LogP contribution < -0.4 is 5.73 Å². The third-order valence-corrected chi connectivity index (χ3v) is 2.88. The van der Waals surface area contributed by atoms with E-state index in [4.69, 9.17) is 5.73 Å². The number of hydrogen-bond donors (Lipinski definition) is 1. The van der Waals surface area contributed by atoms with Crippen molar-refractivity contribution in [3.05, 3.63) is 59.4 Å². The highest BCUT2D eigenvalue weighted by Crippen LogP contribution is 2.10. The lowest BCUT2D eigenvalue weighted by molar-refractivity contribution is -0.385. The first-order chi connectivity index (χ1) is 12.6. The van der Waals surface area contributed by atoms with Crippen molar-refractivity contribution in [3.8, 4) is 11.6 Å². The predicted octanol–water partition coefficient (Wildman–Crippen LogP) is -0.395. The van der Waals surface area contributed by atoms with Gasteiger partial charge in [0.05, 0.1) is 16.8 Å². The highest BCUT2D eigenvalue weighted by Gasteiger charge is 2.06. The molecule has 4 rings (SSSR count). The molecule has 0 fully saturated rings. The SMILES string of the molecule is Nc1ccc(-n2cnnn2)nc1.O=[N+]([O-])c1ccc(-n2cnnn2)nc1. The quantitative estimate of drug-likeness (QED) is 0.373. The molecule has 0 saturated heterocycles. The van der Waals surface area contributed by atoms with E-state index >= 15 is 0 Å². The fourth-order valence-electron chi connectivity index (χ4n) is 1.69. The van der Waals surface area contributed by atoms with Crippen LogP contribution in [-0.2, 0) is 0 Å². The minimum atomic E-state index is -0.517. The molecular formula is C12H10N12O2. The van der Waals surface area contributed by atoms with Gasteiger partial charge in [-0.15, -0.1) is 10.2 Å². The Morgan fingerprint density at radius 2 is 1.46 bits per heavy atom. The molecule has 26 heavy (non-hydrogen) atoms. The lowest BCUT2D eigenvalue weighted by Crippen LogP contribution is -1.98. The Bertz CT molecular complexity index is 951. The molecule has 14 nitrogen and oxygen atoms in total. The summed E-state index contributed by atoms with van der Waals surface area (Å²) in [6.07, 6.45) is 5.53. The first-order valence-electron chi connectivity index (χ1n) is 6.92. The van der Waals surface area contributed by atoms with E-state index in [9.17, 15) is 10.1 Å². The fourth-order valence-corrected chi connectivity index (χ4v) is 1.69. The molecule has 0 aliphatic heterocycles. The van der Waals surface area contributed by atoms with Gasteiger partial charge in [0.1, 0.15) is 18.9 Å². The van der Waals surface area contributed by atoms with Crippen molar-refractivity contribution in [1.82, 2.24) is 50.4 Å². The van der Waals surface area contributed by atoms with E-state index in [0.717, 1.165) is 6.20 Å². The molecule has 0 saturated carbocycles. The number of anilines is 1. The average Bonchev–Trinajstić information content (AvgIpc) is 3.37. The second kappa shape index (κ2) is 7.47. The predicted molar refractivity (Wildman–Crippen MR) is 85.0 cm³/mol. The van der Waals surface area contributed by atoms with Crippen LogP contribution in [0.25, 0.3) is 11.6 Å². The Balaban J connectivity index is 0.000000152. The summed E-state index contributed by atoms with van der Waals surface area (Å²) < 4.78 is 2.77. The number of hydrogen-bond acceptors (Lipinski definition) is 11. The molecule has 0 spiro atoms. The van der Waals surface area contributed by atoms with E-state index in [1.165, 1.54) is 34.2 Å². The normalized spacial score (nSPS) is 10.0. The topological polar surface area (TPSA) is 182 Å². The highest BCUT2D eigenvalue weighted by molar-refractivity contribution is 5.37. The van der Waals surface area contributed by atoms with Crippen LogP contribution in [0.5, 0.6) is 0 Å². The van der Waals surface area contributed by atoms with Crippen LogP contribution in [0.4, 0.5) is 11.4 Å². The van der Waals surface area contributed by atoms with Gasteiger partial charge in [-0.05, 0) is 39.1 Å². The number of nitrogens with zero attached hydrogens (tertiary/aromatic N) is 11. The zero-order valence-electron chi connectivity index (χ0n) is 12.9. The fraction of sp³-hybridized carbons (Fsp3) is 0. The summed E-state index contributed by atoms with van der Waals surface area (Å²) in [6, 6.07) is 6.29. The molecule has 0 amide bonds. The lowest BCUT2D eigenvalue weighted by Gasteiger charge is -1.96. The lowest BCUT2D eigenvalue weighted by atomic mass is 10.4. The van der Waals surface area contributed by atoms with Gasteiger partial charge in [0.15, 0.2) is 11.6 Å². The van der Waals surface area contributed by atoms with Crippen molar-refractivity contribution in [2.45, 2.75) is 0 Å². The number of nitrogen functional groups attached to an aromatic ring is 1. The molecule has 0 aliphatic carbocycles. The van der Waals surface area contributed by atoms with Crippen molar-refractivity contribution in [2.24, 2.45) is 0 Å². The van der Waals surface area contributed by atoms with Crippen LogP contribution in [0.2, 0.25) is 0 Å². The minimum Gasteiger partial charge on any atom is -0.397 e. The Kier molecular flexibility index (Phi) is 4.74. The summed E-state index contributed by atoms with van der Waals surface area (Å²) in [5.41, 5.74) is 6.01. The van der Waals surface area contributed by atoms with Crippen LogP contribution in [0.1, 0.15) is 0 Å². The van der Waals surface area contributed by atoms with Crippen LogP contribution in [0.3, 0.4) is 0 Å². The van der Waals surface area contributed by atoms with Gasteiger partial charge in [-0.2, -0.15) is 9.36 Å². The second-order valence-corrected chi connectivity index (χ2v) is 4.59. The summed E-state index contributed by atoms with van der Waals surface area (Å²) in [7, 11) is 0. The van der Waals surface area contributed by atoms with Crippen molar-refractivity contribution in [3.63, 3.8) is 0 Å². The summed E-state index contributed by atoms with van der Waals surface area (Å²) in [4.78, 5) is 17.6. The smallest absolute Gasteiger partial charge is 0.287 e. The molecule has 4 heterocycles. The number of rotatable bonds is 3. The third-order valence-electron chi connectivity index (χ3n) is 2.88. The molecule has 2 N–H and O–H groups in total. The minimum absolute atomic E-state index is 0.0678. The highest BCUT2D eigenvalue weighted by atomic mass is 16.6. The van der Waals surface area contributed by atoms with Gasteiger partial charge in [0.2, 0.25) is 0 Å². The third kappa shape index (κ3) is 3.94. The molecule has 0 radical (unpaired) electrons. The number of tetrazole rings is 2. The number of nitrogens with two attached hydrogens (primary N) is 1. The Labute approximate surface area is 144 Å². The van der Waals surface area contributed by atoms with Crippen molar-refractivity contribution in [1.29, 1.82) is 0 Å². The van der Waals surface area contributed by atoms with Crippen molar-refractivity contribution in [2.75, 3.05) is 5.73 Å². The van der Waals surface area contributed by atoms with Crippen LogP contribution in [-0.4, -0.2) is 55.3 Å². The van der Waals surface area contributed by atoms with Gasteiger partial charge in [0, 0.05) is 6.07 Å². The Morgan fingerprint density at radius 1 is 0.885 bits per heavy atom. The molecule has 0 aromatic carbocycles.